The number of rotatable bonds is 6. The standard InChI is InChI=1S/C12H15NO4S/c1-8-5-7-18-10(8)2-3-11(15)13-9(4-6-14)12(16)17/h2-3,5,7,9,14H,4,6H2,1H3,(H,13,15)(H,16,17). The van der Waals surface area contributed by atoms with Gasteiger partial charge in [0.1, 0.15) is 6.04 Å². The number of hydrogen-bond donors (Lipinski definition) is 3. The molecule has 6 heteroatoms. The molecule has 1 aromatic rings. The molecule has 3 N–H and O–H groups in total. The summed E-state index contributed by atoms with van der Waals surface area (Å²) in [5, 5.41) is 21.7. The van der Waals surface area contributed by atoms with E-state index in [0.717, 1.165) is 10.4 Å². The first kappa shape index (κ1) is 14.4. The largest absolute Gasteiger partial charge is 0.480 e. The summed E-state index contributed by atoms with van der Waals surface area (Å²) >= 11 is 1.50. The topological polar surface area (TPSA) is 86.6 Å². The molecular weight excluding hydrogens is 254 g/mol. The number of nitrogens with one attached hydrogen (secondary N) is 1. The van der Waals surface area contributed by atoms with Crippen LogP contribution in [0.3, 0.4) is 0 Å². The van der Waals surface area contributed by atoms with Crippen LogP contribution in [-0.4, -0.2) is 34.7 Å². The van der Waals surface area contributed by atoms with Crippen LogP contribution in [0.5, 0.6) is 0 Å². The molecule has 0 bridgehead atoms. The molecule has 1 heterocycles. The number of aliphatic hydroxyl groups excluding tert-OH is 1. The molecule has 1 amide bonds. The highest BCUT2D eigenvalue weighted by Crippen LogP contribution is 2.16. The molecule has 0 saturated carbocycles. The summed E-state index contributed by atoms with van der Waals surface area (Å²) in [6, 6.07) is 0.880. The second kappa shape index (κ2) is 6.93. The summed E-state index contributed by atoms with van der Waals surface area (Å²) in [6.07, 6.45) is 2.94. The van der Waals surface area contributed by atoms with Gasteiger partial charge in [-0.2, -0.15) is 0 Å². The highest BCUT2D eigenvalue weighted by Gasteiger charge is 2.17. The number of carbonyl (C=O) groups excluding carboxylic acids is 1. The van der Waals surface area contributed by atoms with Crippen molar-refractivity contribution in [3.05, 3.63) is 28.0 Å². The Labute approximate surface area is 109 Å². The molecule has 0 fully saturated rings. The maximum atomic E-state index is 11.5. The van der Waals surface area contributed by atoms with Crippen molar-refractivity contribution >= 4 is 29.3 Å². The zero-order valence-corrected chi connectivity index (χ0v) is 10.7. The maximum absolute atomic E-state index is 11.5. The molecule has 98 valence electrons. The van der Waals surface area contributed by atoms with Gasteiger partial charge in [-0.15, -0.1) is 11.3 Å². The second-order valence-corrected chi connectivity index (χ2v) is 4.66. The lowest BCUT2D eigenvalue weighted by molar-refractivity contribution is -0.141. The van der Waals surface area contributed by atoms with Gasteiger partial charge in [0.15, 0.2) is 0 Å². The lowest BCUT2D eigenvalue weighted by Crippen LogP contribution is -2.40. The number of carboxylic acid groups (broad SMARTS) is 1. The summed E-state index contributed by atoms with van der Waals surface area (Å²) in [4.78, 5) is 23.2. The minimum absolute atomic E-state index is 0.00700. The van der Waals surface area contributed by atoms with Gasteiger partial charge in [0.05, 0.1) is 0 Å². The van der Waals surface area contributed by atoms with E-state index < -0.39 is 17.9 Å². The van der Waals surface area contributed by atoms with Crippen LogP contribution in [0.25, 0.3) is 6.08 Å². The molecule has 5 nitrogen and oxygen atoms in total. The number of carboxylic acids is 1. The van der Waals surface area contributed by atoms with Crippen molar-refractivity contribution in [1.29, 1.82) is 0 Å². The van der Waals surface area contributed by atoms with E-state index in [9.17, 15) is 9.59 Å². The van der Waals surface area contributed by atoms with E-state index >= 15 is 0 Å². The van der Waals surface area contributed by atoms with Crippen LogP contribution < -0.4 is 5.32 Å². The Morgan fingerprint density at radius 3 is 2.78 bits per heavy atom. The van der Waals surface area contributed by atoms with Crippen molar-refractivity contribution in [2.24, 2.45) is 0 Å². The number of amides is 1. The average Bonchev–Trinajstić information content (AvgIpc) is 2.71. The van der Waals surface area contributed by atoms with E-state index in [1.807, 2.05) is 18.4 Å². The Balaban J connectivity index is 2.58. The summed E-state index contributed by atoms with van der Waals surface area (Å²) in [6.45, 7) is 1.64. The summed E-state index contributed by atoms with van der Waals surface area (Å²) in [5.74, 6) is -1.64. The third-order valence-electron chi connectivity index (χ3n) is 2.32. The molecule has 1 unspecified atom stereocenters. The van der Waals surface area contributed by atoms with E-state index in [2.05, 4.69) is 5.32 Å². The fraction of sp³-hybridized carbons (Fsp3) is 0.333. The van der Waals surface area contributed by atoms with Crippen molar-refractivity contribution in [2.75, 3.05) is 6.61 Å². The van der Waals surface area contributed by atoms with E-state index in [1.165, 1.54) is 17.4 Å². The highest BCUT2D eigenvalue weighted by atomic mass is 32.1. The van der Waals surface area contributed by atoms with Crippen LogP contribution in [0.15, 0.2) is 17.5 Å². The number of thiophene rings is 1. The van der Waals surface area contributed by atoms with Crippen LogP contribution in [0, 0.1) is 6.92 Å². The van der Waals surface area contributed by atoms with Gasteiger partial charge in [0, 0.05) is 24.0 Å². The highest BCUT2D eigenvalue weighted by molar-refractivity contribution is 7.11. The zero-order valence-electron chi connectivity index (χ0n) is 9.92. The Morgan fingerprint density at radius 1 is 1.56 bits per heavy atom. The van der Waals surface area contributed by atoms with Gasteiger partial charge in [-0.3, -0.25) is 4.79 Å². The van der Waals surface area contributed by atoms with Gasteiger partial charge in [0.2, 0.25) is 5.91 Å². The smallest absolute Gasteiger partial charge is 0.326 e. The predicted octanol–water partition coefficient (Wildman–Crippen LogP) is 1.02. The molecule has 1 rings (SSSR count). The van der Waals surface area contributed by atoms with Crippen LogP contribution in [0.4, 0.5) is 0 Å². The Kier molecular flexibility index (Phi) is 5.54. The van der Waals surface area contributed by atoms with Gasteiger partial charge in [-0.1, -0.05) is 0 Å². The molecule has 1 aromatic heterocycles. The fourth-order valence-electron chi connectivity index (χ4n) is 1.31. The predicted molar refractivity (Wildman–Crippen MR) is 69.4 cm³/mol. The SMILES string of the molecule is Cc1ccsc1C=CC(=O)NC(CCO)C(=O)O. The molecular formula is C12H15NO4S. The first-order chi connectivity index (χ1) is 8.54. The van der Waals surface area contributed by atoms with Crippen LogP contribution in [-0.2, 0) is 9.59 Å². The summed E-state index contributed by atoms with van der Waals surface area (Å²) in [7, 11) is 0. The number of carbonyl (C=O) groups is 2. The quantitative estimate of drug-likeness (QED) is 0.673. The van der Waals surface area contributed by atoms with Crippen molar-refractivity contribution < 1.29 is 19.8 Å². The zero-order chi connectivity index (χ0) is 13.5. The molecule has 0 aliphatic heterocycles. The molecule has 0 aliphatic rings. The van der Waals surface area contributed by atoms with Gasteiger partial charge < -0.3 is 15.5 Å². The van der Waals surface area contributed by atoms with Gasteiger partial charge in [0.25, 0.3) is 0 Å². The third kappa shape index (κ3) is 4.31. The number of aliphatic hydroxyl groups is 1. The van der Waals surface area contributed by atoms with Crippen molar-refractivity contribution in [3.8, 4) is 0 Å². The minimum atomic E-state index is -1.15. The number of aliphatic carboxylic acids is 1. The van der Waals surface area contributed by atoms with E-state index in [-0.39, 0.29) is 13.0 Å². The minimum Gasteiger partial charge on any atom is -0.480 e. The number of hydrogen-bond acceptors (Lipinski definition) is 4. The van der Waals surface area contributed by atoms with Gasteiger partial charge in [-0.25, -0.2) is 4.79 Å². The Bertz CT molecular complexity index is 453. The van der Waals surface area contributed by atoms with Crippen LogP contribution in [0.2, 0.25) is 0 Å². The normalized spacial score (nSPS) is 12.6. The van der Waals surface area contributed by atoms with Crippen LogP contribution >= 0.6 is 11.3 Å². The molecule has 18 heavy (non-hydrogen) atoms. The molecule has 0 aliphatic carbocycles. The van der Waals surface area contributed by atoms with Crippen molar-refractivity contribution in [3.63, 3.8) is 0 Å². The molecule has 0 radical (unpaired) electrons. The second-order valence-electron chi connectivity index (χ2n) is 3.71. The van der Waals surface area contributed by atoms with E-state index in [1.54, 1.807) is 6.08 Å². The van der Waals surface area contributed by atoms with Crippen molar-refractivity contribution in [2.45, 2.75) is 19.4 Å². The summed E-state index contributed by atoms with van der Waals surface area (Å²) < 4.78 is 0. The number of aryl methyl sites for hydroxylation is 1. The van der Waals surface area contributed by atoms with E-state index in [4.69, 9.17) is 10.2 Å². The Morgan fingerprint density at radius 2 is 2.28 bits per heavy atom. The van der Waals surface area contributed by atoms with Gasteiger partial charge >= 0.3 is 5.97 Å². The Hall–Kier alpha value is -1.66. The fourth-order valence-corrected chi connectivity index (χ4v) is 2.13. The lowest BCUT2D eigenvalue weighted by atomic mass is 10.2. The molecule has 0 aromatic carbocycles. The first-order valence-electron chi connectivity index (χ1n) is 5.41. The van der Waals surface area contributed by atoms with Crippen molar-refractivity contribution in [1.82, 2.24) is 5.32 Å². The molecule has 0 spiro atoms. The summed E-state index contributed by atoms with van der Waals surface area (Å²) in [5.41, 5.74) is 1.06. The molecule has 0 saturated heterocycles. The maximum Gasteiger partial charge on any atom is 0.326 e. The first-order valence-corrected chi connectivity index (χ1v) is 6.29. The van der Waals surface area contributed by atoms with E-state index in [0.29, 0.717) is 0 Å². The average molecular weight is 269 g/mol. The lowest BCUT2D eigenvalue weighted by Gasteiger charge is -2.11. The monoisotopic (exact) mass is 269 g/mol. The van der Waals surface area contributed by atoms with Crippen LogP contribution in [0.1, 0.15) is 16.9 Å². The van der Waals surface area contributed by atoms with Gasteiger partial charge in [-0.05, 0) is 30.0 Å². The third-order valence-corrected chi connectivity index (χ3v) is 3.30. The molecule has 1 atom stereocenters.